The van der Waals surface area contributed by atoms with E-state index in [1.807, 2.05) is 89.5 Å². The van der Waals surface area contributed by atoms with Gasteiger partial charge in [-0.3, -0.25) is 9.80 Å². The molecule has 4 fully saturated rings. The molecule has 2 aromatic carbocycles. The minimum absolute atomic E-state index is 0.200. The zero-order valence-corrected chi connectivity index (χ0v) is 34.5. The van der Waals surface area contributed by atoms with Crippen LogP contribution in [0, 0.1) is 24.7 Å². The lowest BCUT2D eigenvalue weighted by molar-refractivity contribution is -0.0554. The molecule has 4 saturated heterocycles. The molecule has 0 atom stereocenters. The Hall–Kier alpha value is -4.16. The predicted octanol–water partition coefficient (Wildman–Crippen LogP) is 7.14. The Morgan fingerprint density at radius 2 is 1.00 bits per heavy atom. The topological polar surface area (TPSA) is 129 Å². The van der Waals surface area contributed by atoms with Gasteiger partial charge in [0.1, 0.15) is 11.2 Å². The Kier molecular flexibility index (Phi) is 12.6. The van der Waals surface area contributed by atoms with Crippen LogP contribution < -0.4 is 0 Å². The Balaban J connectivity index is 0.000000211. The van der Waals surface area contributed by atoms with Crippen molar-refractivity contribution in [2.75, 3.05) is 59.5 Å². The maximum Gasteiger partial charge on any atom is 0.410 e. The molecule has 0 radical (unpaired) electrons. The third kappa shape index (κ3) is 11.0. The Bertz CT molecular complexity index is 1710. The summed E-state index contributed by atoms with van der Waals surface area (Å²) in [7, 11) is 1.41. The van der Waals surface area contributed by atoms with E-state index in [2.05, 4.69) is 15.9 Å². The number of hydrogen-bond acceptors (Lipinski definition) is 9. The fourth-order valence-electron chi connectivity index (χ4n) is 8.25. The fourth-order valence-corrected chi connectivity index (χ4v) is 8.25. The molecule has 0 aromatic heterocycles. The minimum atomic E-state index is -0.871. The first-order chi connectivity index (χ1) is 25.7. The summed E-state index contributed by atoms with van der Waals surface area (Å²) in [4.78, 5) is 56.0. The summed E-state index contributed by atoms with van der Waals surface area (Å²) in [5.74, 6) is -1.15. The molecule has 2 spiro atoms. The zero-order valence-electron chi connectivity index (χ0n) is 34.5. The number of hydrogen-bond donors (Lipinski definition) is 1. The molecule has 0 bridgehead atoms. The first-order valence-electron chi connectivity index (χ1n) is 19.6. The average molecular weight is 763 g/mol. The van der Waals surface area contributed by atoms with Gasteiger partial charge in [0.15, 0.2) is 0 Å². The first-order valence-corrected chi connectivity index (χ1v) is 19.6. The molecular weight excluding hydrogens is 700 g/mol. The highest BCUT2D eigenvalue weighted by molar-refractivity contribution is 5.91. The summed E-state index contributed by atoms with van der Waals surface area (Å²) in [6, 6.07) is 11.7. The molecule has 0 aliphatic carbocycles. The first kappa shape index (κ1) is 42.0. The molecular formula is C43H62N4O8. The van der Waals surface area contributed by atoms with Crippen LogP contribution in [0.2, 0.25) is 0 Å². The average Bonchev–Trinajstić information content (AvgIpc) is 3.07. The number of esters is 1. The molecule has 6 rings (SSSR count). The number of piperidine rings is 2. The minimum Gasteiger partial charge on any atom is -0.478 e. The lowest BCUT2D eigenvalue weighted by Crippen LogP contribution is -2.60. The lowest BCUT2D eigenvalue weighted by Gasteiger charge is -2.54. The third-order valence-corrected chi connectivity index (χ3v) is 11.2. The largest absolute Gasteiger partial charge is 0.478 e. The van der Waals surface area contributed by atoms with Gasteiger partial charge in [-0.15, -0.1) is 0 Å². The zero-order chi connectivity index (χ0) is 40.3. The van der Waals surface area contributed by atoms with Gasteiger partial charge in [-0.2, -0.15) is 0 Å². The molecule has 12 nitrogen and oxygen atoms in total. The number of aryl methyl sites for hydroxylation is 2. The number of carboxylic acids is 1. The van der Waals surface area contributed by atoms with Crippen LogP contribution in [0.3, 0.4) is 0 Å². The van der Waals surface area contributed by atoms with Crippen LogP contribution in [-0.4, -0.2) is 120 Å². The second-order valence-electron chi connectivity index (χ2n) is 18.3. The van der Waals surface area contributed by atoms with E-state index >= 15 is 0 Å². The Labute approximate surface area is 327 Å². The van der Waals surface area contributed by atoms with E-state index in [1.165, 1.54) is 7.11 Å². The third-order valence-electron chi connectivity index (χ3n) is 11.2. The molecule has 4 aliphatic rings. The Morgan fingerprint density at radius 1 is 0.636 bits per heavy atom. The van der Waals surface area contributed by atoms with E-state index in [1.54, 1.807) is 6.07 Å². The predicted molar refractivity (Wildman–Crippen MR) is 210 cm³/mol. The molecule has 12 heteroatoms. The summed E-state index contributed by atoms with van der Waals surface area (Å²) >= 11 is 0. The van der Waals surface area contributed by atoms with Gasteiger partial charge in [0, 0.05) is 65.4 Å². The Morgan fingerprint density at radius 3 is 1.35 bits per heavy atom. The molecule has 4 heterocycles. The molecule has 1 N–H and O–H groups in total. The molecule has 4 aliphatic heterocycles. The van der Waals surface area contributed by atoms with E-state index in [0.29, 0.717) is 22.0 Å². The number of rotatable bonds is 6. The van der Waals surface area contributed by atoms with Crippen LogP contribution in [0.5, 0.6) is 0 Å². The molecule has 2 amide bonds. The lowest BCUT2D eigenvalue weighted by atomic mass is 9.72. The fraction of sp³-hybridized carbons (Fsp3) is 0.628. The van der Waals surface area contributed by atoms with E-state index in [-0.39, 0.29) is 18.2 Å². The highest BCUT2D eigenvalue weighted by atomic mass is 16.6. The van der Waals surface area contributed by atoms with E-state index in [4.69, 9.17) is 14.2 Å². The van der Waals surface area contributed by atoms with Crippen molar-refractivity contribution in [2.45, 2.75) is 105 Å². The van der Waals surface area contributed by atoms with Crippen LogP contribution in [0.15, 0.2) is 36.4 Å². The molecule has 55 heavy (non-hydrogen) atoms. The monoisotopic (exact) mass is 762 g/mol. The van der Waals surface area contributed by atoms with E-state index in [9.17, 15) is 24.3 Å². The van der Waals surface area contributed by atoms with Gasteiger partial charge in [0.25, 0.3) is 0 Å². The molecule has 2 aromatic rings. The smallest absolute Gasteiger partial charge is 0.410 e. The number of carboxylic acid groups (broad SMARTS) is 1. The number of nitrogens with zero attached hydrogens (tertiary/aromatic N) is 4. The number of amides is 2. The summed E-state index contributed by atoms with van der Waals surface area (Å²) in [5.41, 5.74) is 4.62. The van der Waals surface area contributed by atoms with E-state index in [0.717, 1.165) is 113 Å². The SMILES string of the molecule is COC(=O)c1cc(CN2CC3(CCN(C(=O)OC(C)(C)C)CC3)C2)ccc1C.Cc1ccc(CN2CC3(CCN(C(=O)OC(C)(C)C)CC3)C2)cc1C(=O)O. The molecule has 0 unspecified atom stereocenters. The highest BCUT2D eigenvalue weighted by Crippen LogP contribution is 2.42. The number of likely N-dealkylation sites (tertiary alicyclic amines) is 4. The van der Waals surface area contributed by atoms with Gasteiger partial charge in [-0.1, -0.05) is 24.3 Å². The second-order valence-corrected chi connectivity index (χ2v) is 18.3. The van der Waals surface area contributed by atoms with Crippen molar-refractivity contribution in [3.8, 4) is 0 Å². The summed E-state index contributed by atoms with van der Waals surface area (Å²) in [6.45, 7) is 23.8. The van der Waals surface area contributed by atoms with Crippen molar-refractivity contribution in [1.82, 2.24) is 19.6 Å². The summed E-state index contributed by atoms with van der Waals surface area (Å²) in [6.07, 6.45) is 3.62. The maximum absolute atomic E-state index is 12.2. The maximum atomic E-state index is 12.2. The van der Waals surface area contributed by atoms with Crippen LogP contribution in [0.4, 0.5) is 9.59 Å². The van der Waals surface area contributed by atoms with Crippen molar-refractivity contribution in [1.29, 1.82) is 0 Å². The normalized spacial score (nSPS) is 19.4. The summed E-state index contributed by atoms with van der Waals surface area (Å²) < 4.78 is 15.8. The number of carbonyl (C=O) groups excluding carboxylic acids is 3. The van der Waals surface area contributed by atoms with Crippen LogP contribution in [-0.2, 0) is 27.3 Å². The number of aromatic carboxylic acids is 1. The van der Waals surface area contributed by atoms with Crippen molar-refractivity contribution in [3.63, 3.8) is 0 Å². The van der Waals surface area contributed by atoms with Crippen LogP contribution in [0.1, 0.15) is 110 Å². The number of benzene rings is 2. The van der Waals surface area contributed by atoms with Crippen LogP contribution in [0.25, 0.3) is 0 Å². The molecule has 302 valence electrons. The van der Waals surface area contributed by atoms with Crippen molar-refractivity contribution < 1.29 is 38.5 Å². The van der Waals surface area contributed by atoms with Crippen LogP contribution >= 0.6 is 0 Å². The van der Waals surface area contributed by atoms with Crippen molar-refractivity contribution in [2.24, 2.45) is 10.8 Å². The van der Waals surface area contributed by atoms with Gasteiger partial charge in [0.05, 0.1) is 18.2 Å². The summed E-state index contributed by atoms with van der Waals surface area (Å²) in [5, 5.41) is 9.28. The van der Waals surface area contributed by atoms with Gasteiger partial charge in [-0.25, -0.2) is 19.2 Å². The number of ether oxygens (including phenoxy) is 3. The van der Waals surface area contributed by atoms with E-state index < -0.39 is 17.2 Å². The molecule has 0 saturated carbocycles. The number of methoxy groups -OCH3 is 1. The van der Waals surface area contributed by atoms with Gasteiger partial charge in [0.2, 0.25) is 0 Å². The number of carbonyl (C=O) groups is 4. The van der Waals surface area contributed by atoms with Gasteiger partial charge >= 0.3 is 24.1 Å². The second kappa shape index (κ2) is 16.5. The van der Waals surface area contributed by atoms with Gasteiger partial charge in [-0.05, 0) is 126 Å². The van der Waals surface area contributed by atoms with Gasteiger partial charge < -0.3 is 29.1 Å². The van der Waals surface area contributed by atoms with Crippen molar-refractivity contribution in [3.05, 3.63) is 69.8 Å². The standard InChI is InChI=1S/C22H32N2O4.C21H30N2O4/c1-16-6-7-17(12-18(16)19(25)27-5)13-23-14-22(15-23)8-10-24(11-9-22)20(26)28-21(2,3)4;1-15-5-6-16(11-17(15)18(24)25)12-22-13-21(14-22)7-9-23(10-8-21)19(26)27-20(2,3)4/h6-7,12H,8-11,13-15H2,1-5H3;5-6,11H,7-10,12-14H2,1-4H3,(H,24,25). The van der Waals surface area contributed by atoms with Crippen molar-refractivity contribution >= 4 is 24.1 Å². The quantitative estimate of drug-likeness (QED) is 0.240. The highest BCUT2D eigenvalue weighted by Gasteiger charge is 2.47.